The van der Waals surface area contributed by atoms with Crippen molar-refractivity contribution in [3.8, 4) is 0 Å². The van der Waals surface area contributed by atoms with Gasteiger partial charge in [0, 0.05) is 6.54 Å². The van der Waals surface area contributed by atoms with Crippen molar-refractivity contribution >= 4 is 32.4 Å². The number of amides is 1. The third-order valence-corrected chi connectivity index (χ3v) is 5.11. The minimum atomic E-state index is -3.58. The van der Waals surface area contributed by atoms with Crippen LogP contribution in [0.4, 0.5) is 10.1 Å². The van der Waals surface area contributed by atoms with E-state index in [1.54, 1.807) is 13.0 Å². The second-order valence-corrected chi connectivity index (χ2v) is 8.44. The van der Waals surface area contributed by atoms with Gasteiger partial charge in [-0.25, -0.2) is 12.8 Å². The van der Waals surface area contributed by atoms with Gasteiger partial charge in [0.1, 0.15) is 5.82 Å². The summed E-state index contributed by atoms with van der Waals surface area (Å²) in [7, 11) is -3.58. The summed E-state index contributed by atoms with van der Waals surface area (Å²) in [6.07, 6.45) is 0.948. The molecule has 5 nitrogen and oxygen atoms in total. The Morgan fingerprint density at radius 1 is 1.07 bits per heavy atom. The molecule has 1 unspecified atom stereocenters. The van der Waals surface area contributed by atoms with Gasteiger partial charge in [0.15, 0.2) is 0 Å². The fraction of sp³-hybridized carbons (Fsp3) is 0.190. The van der Waals surface area contributed by atoms with Crippen molar-refractivity contribution in [2.75, 3.05) is 11.0 Å². The molecule has 28 heavy (non-hydrogen) atoms. The molecule has 3 rings (SSSR count). The Labute approximate surface area is 163 Å². The van der Waals surface area contributed by atoms with Crippen molar-refractivity contribution in [3.05, 3.63) is 77.6 Å². The number of hydrogen-bond acceptors (Lipinski definition) is 3. The monoisotopic (exact) mass is 400 g/mol. The lowest BCUT2D eigenvalue weighted by Gasteiger charge is -2.15. The van der Waals surface area contributed by atoms with Gasteiger partial charge in [-0.1, -0.05) is 48.5 Å². The van der Waals surface area contributed by atoms with Gasteiger partial charge in [-0.15, -0.1) is 0 Å². The molecular formula is C21H21FN2O3S. The summed E-state index contributed by atoms with van der Waals surface area (Å²) >= 11 is 0. The maximum absolute atomic E-state index is 14.2. The van der Waals surface area contributed by atoms with E-state index in [9.17, 15) is 17.6 Å². The van der Waals surface area contributed by atoms with Crippen LogP contribution in [-0.2, 0) is 21.4 Å². The maximum Gasteiger partial charge on any atom is 0.229 e. The highest BCUT2D eigenvalue weighted by Gasteiger charge is 2.18. The topological polar surface area (TPSA) is 75.3 Å². The zero-order valence-electron chi connectivity index (χ0n) is 15.6. The maximum atomic E-state index is 14.2. The van der Waals surface area contributed by atoms with Gasteiger partial charge in [0.2, 0.25) is 15.9 Å². The molecule has 3 aromatic rings. The van der Waals surface area contributed by atoms with Gasteiger partial charge in [0.25, 0.3) is 0 Å². The zero-order valence-corrected chi connectivity index (χ0v) is 16.4. The lowest BCUT2D eigenvalue weighted by atomic mass is 9.99. The van der Waals surface area contributed by atoms with E-state index < -0.39 is 21.8 Å². The van der Waals surface area contributed by atoms with Crippen LogP contribution in [0.25, 0.3) is 10.8 Å². The highest BCUT2D eigenvalue weighted by molar-refractivity contribution is 7.92. The molecule has 0 aliphatic rings. The average Bonchev–Trinajstić information content (AvgIpc) is 2.66. The molecule has 0 bridgehead atoms. The Kier molecular flexibility index (Phi) is 5.65. The number of nitrogens with one attached hydrogen (secondary N) is 2. The molecule has 0 spiro atoms. The first kappa shape index (κ1) is 19.8. The van der Waals surface area contributed by atoms with Crippen molar-refractivity contribution in [1.29, 1.82) is 0 Å². The van der Waals surface area contributed by atoms with E-state index in [-0.39, 0.29) is 11.6 Å². The minimum Gasteiger partial charge on any atom is -0.351 e. The molecule has 0 radical (unpaired) electrons. The second-order valence-electron chi connectivity index (χ2n) is 6.69. The van der Waals surface area contributed by atoms with Crippen LogP contribution in [0.5, 0.6) is 0 Å². The molecule has 1 atom stereocenters. The minimum absolute atomic E-state index is 0.144. The van der Waals surface area contributed by atoms with Gasteiger partial charge >= 0.3 is 0 Å². The van der Waals surface area contributed by atoms with E-state index in [4.69, 9.17) is 0 Å². The van der Waals surface area contributed by atoms with Gasteiger partial charge in [-0.3, -0.25) is 9.52 Å². The largest absolute Gasteiger partial charge is 0.351 e. The van der Waals surface area contributed by atoms with Crippen molar-refractivity contribution in [2.45, 2.75) is 19.4 Å². The van der Waals surface area contributed by atoms with E-state index in [0.29, 0.717) is 12.1 Å². The molecule has 0 aromatic heterocycles. The number of hydrogen-bond donors (Lipinski definition) is 2. The predicted octanol–water partition coefficient (Wildman–Crippen LogP) is 3.77. The van der Waals surface area contributed by atoms with Crippen LogP contribution in [-0.4, -0.2) is 20.6 Å². The highest BCUT2D eigenvalue weighted by Crippen LogP contribution is 2.23. The number of carbonyl (C=O) groups is 1. The van der Waals surface area contributed by atoms with Crippen LogP contribution in [0.3, 0.4) is 0 Å². The summed E-state index contributed by atoms with van der Waals surface area (Å²) in [6, 6.07) is 17.9. The molecule has 0 heterocycles. The molecule has 0 saturated heterocycles. The zero-order chi connectivity index (χ0) is 20.3. The standard InChI is InChI=1S/C21H21FN2O3S/c1-14(16-10-11-20(19(22)12-16)24-28(2,26)27)21(25)23-13-17-8-5-7-15-6-3-4-9-18(15)17/h3-12,14,24H,13H2,1-2H3,(H,23,25). The third-order valence-electron chi connectivity index (χ3n) is 4.51. The third kappa shape index (κ3) is 4.67. The molecule has 0 aliphatic heterocycles. The number of fused-ring (bicyclic) bond motifs is 1. The van der Waals surface area contributed by atoms with Crippen LogP contribution in [0.1, 0.15) is 24.0 Å². The van der Waals surface area contributed by atoms with Crippen LogP contribution in [0, 0.1) is 5.82 Å². The summed E-state index contributed by atoms with van der Waals surface area (Å²) < 4.78 is 38.8. The van der Waals surface area contributed by atoms with Crippen molar-refractivity contribution < 1.29 is 17.6 Å². The summed E-state index contributed by atoms with van der Waals surface area (Å²) in [5.41, 5.74) is 1.32. The van der Waals surface area contributed by atoms with Gasteiger partial charge in [-0.2, -0.15) is 0 Å². The lowest BCUT2D eigenvalue weighted by molar-refractivity contribution is -0.122. The van der Waals surface area contributed by atoms with E-state index in [0.717, 1.165) is 22.6 Å². The Balaban J connectivity index is 1.71. The van der Waals surface area contributed by atoms with E-state index >= 15 is 0 Å². The van der Waals surface area contributed by atoms with E-state index in [1.165, 1.54) is 12.1 Å². The molecule has 0 fully saturated rings. The van der Waals surface area contributed by atoms with E-state index in [2.05, 4.69) is 10.0 Å². The Morgan fingerprint density at radius 3 is 2.50 bits per heavy atom. The number of sulfonamides is 1. The molecular weight excluding hydrogens is 379 g/mol. The molecule has 3 aromatic carbocycles. The fourth-order valence-electron chi connectivity index (χ4n) is 3.02. The van der Waals surface area contributed by atoms with Crippen LogP contribution in [0.2, 0.25) is 0 Å². The summed E-state index contributed by atoms with van der Waals surface area (Å²) in [5.74, 6) is -1.55. The lowest BCUT2D eigenvalue weighted by Crippen LogP contribution is -2.27. The van der Waals surface area contributed by atoms with Gasteiger partial charge in [0.05, 0.1) is 17.9 Å². The Morgan fingerprint density at radius 2 is 1.79 bits per heavy atom. The number of carbonyl (C=O) groups excluding carboxylic acids is 1. The van der Waals surface area contributed by atoms with Crippen molar-refractivity contribution in [3.63, 3.8) is 0 Å². The number of benzene rings is 3. The molecule has 7 heteroatoms. The Bertz CT molecular complexity index is 1120. The normalized spacial score (nSPS) is 12.5. The predicted molar refractivity (Wildman–Crippen MR) is 109 cm³/mol. The molecule has 0 saturated carbocycles. The van der Waals surface area contributed by atoms with Crippen LogP contribution >= 0.6 is 0 Å². The molecule has 146 valence electrons. The first-order valence-electron chi connectivity index (χ1n) is 8.76. The number of halogens is 1. The SMILES string of the molecule is CC(C(=O)NCc1cccc2ccccc12)c1ccc(NS(C)(=O)=O)c(F)c1. The average molecular weight is 400 g/mol. The molecule has 2 N–H and O–H groups in total. The summed E-state index contributed by atoms with van der Waals surface area (Å²) in [6.45, 7) is 2.04. The quantitative estimate of drug-likeness (QED) is 0.661. The van der Waals surface area contributed by atoms with Gasteiger partial charge in [-0.05, 0) is 41.0 Å². The highest BCUT2D eigenvalue weighted by atomic mass is 32.2. The molecule has 0 aliphatic carbocycles. The van der Waals surface area contributed by atoms with Crippen molar-refractivity contribution in [1.82, 2.24) is 5.32 Å². The smallest absolute Gasteiger partial charge is 0.229 e. The van der Waals surface area contributed by atoms with E-state index in [1.807, 2.05) is 42.5 Å². The Hall–Kier alpha value is -2.93. The summed E-state index contributed by atoms with van der Waals surface area (Å²) in [4.78, 5) is 12.5. The number of rotatable bonds is 6. The van der Waals surface area contributed by atoms with Crippen LogP contribution in [0.15, 0.2) is 60.7 Å². The first-order valence-corrected chi connectivity index (χ1v) is 10.7. The first-order chi connectivity index (χ1) is 13.2. The second kappa shape index (κ2) is 7.98. The molecule has 1 amide bonds. The number of anilines is 1. The van der Waals surface area contributed by atoms with Gasteiger partial charge < -0.3 is 5.32 Å². The fourth-order valence-corrected chi connectivity index (χ4v) is 3.58. The summed E-state index contributed by atoms with van der Waals surface area (Å²) in [5, 5.41) is 5.05. The van der Waals surface area contributed by atoms with Crippen LogP contribution < -0.4 is 10.0 Å². The van der Waals surface area contributed by atoms with Crippen molar-refractivity contribution in [2.24, 2.45) is 0 Å².